The molecule has 1 rings (SSSR count). The Morgan fingerprint density at radius 3 is 1.70 bits per heavy atom. The minimum atomic E-state index is -0.750. The largest absolute Gasteiger partial charge is 0.443 e. The van der Waals surface area contributed by atoms with Crippen molar-refractivity contribution < 1.29 is 19.1 Å². The lowest BCUT2D eigenvalue weighted by Gasteiger charge is -2.29. The van der Waals surface area contributed by atoms with E-state index in [4.69, 9.17) is 9.47 Å². The highest BCUT2D eigenvalue weighted by molar-refractivity contribution is 6.10. The molecule has 2 amide bonds. The highest BCUT2D eigenvalue weighted by Gasteiger charge is 2.33. The predicted octanol–water partition coefficient (Wildman–Crippen LogP) is 4.98. The Kier molecular flexibility index (Phi) is 5.46. The molecule has 0 fully saturated rings. The molecule has 0 saturated carbocycles. The van der Waals surface area contributed by atoms with Crippen molar-refractivity contribution in [3.8, 4) is 0 Å². The fraction of sp³-hybridized carbons (Fsp3) is 0.556. The molecule has 5 heteroatoms. The van der Waals surface area contributed by atoms with Crippen molar-refractivity contribution in [3.05, 3.63) is 29.3 Å². The van der Waals surface area contributed by atoms with Gasteiger partial charge in [0.1, 0.15) is 11.2 Å². The van der Waals surface area contributed by atoms with Gasteiger partial charge in [-0.05, 0) is 72.6 Å². The Bertz CT molecular complexity index is 566. The molecule has 0 N–H and O–H groups in total. The summed E-state index contributed by atoms with van der Waals surface area (Å²) in [5, 5.41) is 0. The van der Waals surface area contributed by atoms with Crippen LogP contribution in [-0.2, 0) is 9.47 Å². The number of anilines is 1. The van der Waals surface area contributed by atoms with Crippen molar-refractivity contribution >= 4 is 17.9 Å². The van der Waals surface area contributed by atoms with Gasteiger partial charge in [0.2, 0.25) is 0 Å². The number of carbonyl (C=O) groups is 2. The maximum absolute atomic E-state index is 12.6. The Hall–Kier alpha value is -2.04. The lowest BCUT2D eigenvalue weighted by atomic mass is 10.1. The normalized spacial score (nSPS) is 11.8. The maximum atomic E-state index is 12.6. The Morgan fingerprint density at radius 1 is 0.870 bits per heavy atom. The number of benzene rings is 1. The van der Waals surface area contributed by atoms with Crippen molar-refractivity contribution in [3.63, 3.8) is 0 Å². The maximum Gasteiger partial charge on any atom is 0.424 e. The van der Waals surface area contributed by atoms with Gasteiger partial charge in [-0.3, -0.25) is 0 Å². The van der Waals surface area contributed by atoms with Crippen LogP contribution in [0.5, 0.6) is 0 Å². The molecule has 0 saturated heterocycles. The highest BCUT2D eigenvalue weighted by atomic mass is 16.6. The zero-order chi connectivity index (χ0) is 18.0. The number of imide groups is 1. The summed E-state index contributed by atoms with van der Waals surface area (Å²) in [5.74, 6) is 0. The van der Waals surface area contributed by atoms with E-state index in [-0.39, 0.29) is 0 Å². The van der Waals surface area contributed by atoms with Crippen molar-refractivity contribution in [2.24, 2.45) is 0 Å². The fourth-order valence-corrected chi connectivity index (χ4v) is 1.86. The quantitative estimate of drug-likeness (QED) is 0.732. The topological polar surface area (TPSA) is 55.8 Å². The Labute approximate surface area is 138 Å². The van der Waals surface area contributed by atoms with Crippen LogP contribution >= 0.6 is 0 Å². The molecule has 0 radical (unpaired) electrons. The zero-order valence-corrected chi connectivity index (χ0v) is 15.3. The van der Waals surface area contributed by atoms with Crippen LogP contribution in [0.3, 0.4) is 0 Å². The molecule has 5 nitrogen and oxygen atoms in total. The summed E-state index contributed by atoms with van der Waals surface area (Å²) in [7, 11) is 0. The zero-order valence-electron chi connectivity index (χ0n) is 15.3. The van der Waals surface area contributed by atoms with E-state index in [1.165, 1.54) is 0 Å². The van der Waals surface area contributed by atoms with E-state index in [0.29, 0.717) is 5.69 Å². The Balaban J connectivity index is 3.29. The van der Waals surface area contributed by atoms with Crippen LogP contribution in [0.4, 0.5) is 15.3 Å². The second-order valence-corrected chi connectivity index (χ2v) is 7.52. The van der Waals surface area contributed by atoms with Crippen molar-refractivity contribution in [1.82, 2.24) is 0 Å². The van der Waals surface area contributed by atoms with Crippen LogP contribution in [0.15, 0.2) is 18.2 Å². The third kappa shape index (κ3) is 5.58. The van der Waals surface area contributed by atoms with E-state index >= 15 is 0 Å². The average molecular weight is 321 g/mol. The van der Waals surface area contributed by atoms with Gasteiger partial charge >= 0.3 is 12.2 Å². The molecular formula is C18H27NO4. The molecule has 128 valence electrons. The van der Waals surface area contributed by atoms with E-state index in [1.54, 1.807) is 53.7 Å². The predicted molar refractivity (Wildman–Crippen MR) is 90.9 cm³/mol. The van der Waals surface area contributed by atoms with Gasteiger partial charge in [-0.15, -0.1) is 0 Å². The second kappa shape index (κ2) is 6.60. The van der Waals surface area contributed by atoms with E-state index in [0.717, 1.165) is 16.0 Å². The number of amides is 2. The van der Waals surface area contributed by atoms with Gasteiger partial charge in [-0.1, -0.05) is 12.1 Å². The molecule has 1 aromatic rings. The van der Waals surface area contributed by atoms with Gasteiger partial charge in [0, 0.05) is 0 Å². The molecule has 0 atom stereocenters. The van der Waals surface area contributed by atoms with Gasteiger partial charge in [-0.2, -0.15) is 4.90 Å². The summed E-state index contributed by atoms with van der Waals surface area (Å²) in [6.07, 6.45) is -1.50. The number of hydrogen-bond donors (Lipinski definition) is 0. The van der Waals surface area contributed by atoms with Gasteiger partial charge in [0.25, 0.3) is 0 Å². The molecular weight excluding hydrogens is 294 g/mol. The first-order chi connectivity index (χ1) is 10.3. The molecule has 0 aliphatic carbocycles. The second-order valence-electron chi connectivity index (χ2n) is 7.52. The number of carbonyl (C=O) groups excluding carboxylic acids is 2. The average Bonchev–Trinajstić information content (AvgIpc) is 2.30. The third-order valence-electron chi connectivity index (χ3n) is 2.97. The van der Waals surface area contributed by atoms with Gasteiger partial charge in [0.05, 0.1) is 5.69 Å². The number of hydrogen-bond acceptors (Lipinski definition) is 4. The van der Waals surface area contributed by atoms with Crippen LogP contribution < -0.4 is 4.90 Å². The summed E-state index contributed by atoms with van der Waals surface area (Å²) >= 11 is 0. The molecule has 1 aromatic carbocycles. The van der Waals surface area contributed by atoms with Crippen molar-refractivity contribution in [1.29, 1.82) is 0 Å². The minimum absolute atomic E-state index is 0.466. The molecule has 0 aliphatic heterocycles. The summed E-state index contributed by atoms with van der Waals surface area (Å²) in [6, 6.07) is 5.41. The van der Waals surface area contributed by atoms with Gasteiger partial charge < -0.3 is 9.47 Å². The molecule has 0 aliphatic rings. The smallest absolute Gasteiger partial charge is 0.424 e. The van der Waals surface area contributed by atoms with Gasteiger partial charge in [0.15, 0.2) is 0 Å². The molecule has 0 spiro atoms. The van der Waals surface area contributed by atoms with Crippen LogP contribution in [-0.4, -0.2) is 23.4 Å². The van der Waals surface area contributed by atoms with Crippen molar-refractivity contribution in [2.45, 2.75) is 66.6 Å². The number of nitrogens with zero attached hydrogens (tertiary/aromatic N) is 1. The van der Waals surface area contributed by atoms with Crippen LogP contribution in [0, 0.1) is 13.8 Å². The number of aryl methyl sites for hydroxylation is 1. The minimum Gasteiger partial charge on any atom is -0.443 e. The fourth-order valence-electron chi connectivity index (χ4n) is 1.86. The summed E-state index contributed by atoms with van der Waals surface area (Å²) < 4.78 is 10.7. The molecule has 0 unspecified atom stereocenters. The van der Waals surface area contributed by atoms with Crippen LogP contribution in [0.2, 0.25) is 0 Å². The van der Waals surface area contributed by atoms with Gasteiger partial charge in [-0.25, -0.2) is 9.59 Å². The van der Waals surface area contributed by atoms with Crippen LogP contribution in [0.25, 0.3) is 0 Å². The van der Waals surface area contributed by atoms with E-state index < -0.39 is 23.4 Å². The third-order valence-corrected chi connectivity index (χ3v) is 2.97. The van der Waals surface area contributed by atoms with E-state index in [9.17, 15) is 9.59 Å². The first-order valence-corrected chi connectivity index (χ1v) is 7.64. The van der Waals surface area contributed by atoms with Crippen LogP contribution in [0.1, 0.15) is 52.7 Å². The molecule has 0 aromatic heterocycles. The SMILES string of the molecule is Cc1cccc(N(C(=O)OC(C)(C)C)C(=O)OC(C)(C)C)c1C. The monoisotopic (exact) mass is 321 g/mol. The first kappa shape index (κ1) is 19.0. The van der Waals surface area contributed by atoms with E-state index in [1.807, 2.05) is 19.9 Å². The standard InChI is InChI=1S/C18H27NO4/c1-12-10-9-11-14(13(12)2)19(15(20)22-17(3,4)5)16(21)23-18(6,7)8/h9-11H,1-8H3. The Morgan fingerprint density at radius 2 is 1.30 bits per heavy atom. The lowest BCUT2D eigenvalue weighted by molar-refractivity contribution is 0.0430. The number of rotatable bonds is 1. The molecule has 23 heavy (non-hydrogen) atoms. The summed E-state index contributed by atoms with van der Waals surface area (Å²) in [5.41, 5.74) is 0.835. The summed E-state index contributed by atoms with van der Waals surface area (Å²) in [4.78, 5) is 26.1. The molecule has 0 bridgehead atoms. The highest BCUT2D eigenvalue weighted by Crippen LogP contribution is 2.26. The van der Waals surface area contributed by atoms with E-state index in [2.05, 4.69) is 0 Å². The lowest BCUT2D eigenvalue weighted by Crippen LogP contribution is -2.44. The first-order valence-electron chi connectivity index (χ1n) is 7.64. The van der Waals surface area contributed by atoms with Crippen molar-refractivity contribution in [2.75, 3.05) is 4.90 Å². The number of ether oxygens (including phenoxy) is 2. The molecule has 0 heterocycles. The summed E-state index contributed by atoms with van der Waals surface area (Å²) in [6.45, 7) is 14.3.